The second-order valence-corrected chi connectivity index (χ2v) is 7.38. The van der Waals surface area contributed by atoms with Crippen molar-refractivity contribution >= 4 is 15.9 Å². The third-order valence-electron chi connectivity index (χ3n) is 3.64. The number of rotatable bonds is 5. The van der Waals surface area contributed by atoms with Crippen LogP contribution in [0.5, 0.6) is 5.75 Å². The summed E-state index contributed by atoms with van der Waals surface area (Å²) in [6.45, 7) is 1.10. The van der Waals surface area contributed by atoms with Gasteiger partial charge in [0.25, 0.3) is 0 Å². The summed E-state index contributed by atoms with van der Waals surface area (Å²) in [6.07, 6.45) is 3.00. The van der Waals surface area contributed by atoms with E-state index < -0.39 is 10.0 Å². The van der Waals surface area contributed by atoms with Crippen LogP contribution in [0, 0.1) is 0 Å². The standard InChI is InChI=1S/C15H22N2O4S/c1-21-14-7-3-5-12(9-14)10-15(18)17-8-4-6-13(11-17)16-22(2,19)20/h3,5,7,9,13,16H,4,6,8,10-11H2,1-2H3/t13-/m1/s1. The molecule has 122 valence electrons. The maximum absolute atomic E-state index is 12.4. The second-order valence-electron chi connectivity index (χ2n) is 5.60. The van der Waals surface area contributed by atoms with Gasteiger partial charge in [0.05, 0.1) is 19.8 Å². The molecule has 1 aliphatic rings. The molecule has 1 aliphatic heterocycles. The number of carbonyl (C=O) groups is 1. The number of benzene rings is 1. The molecule has 0 bridgehead atoms. The van der Waals surface area contributed by atoms with Crippen molar-refractivity contribution in [3.8, 4) is 5.75 Å². The zero-order chi connectivity index (χ0) is 16.2. The minimum atomic E-state index is -3.25. The fraction of sp³-hybridized carbons (Fsp3) is 0.533. The molecular formula is C15H22N2O4S. The maximum atomic E-state index is 12.4. The molecule has 0 aliphatic carbocycles. The lowest BCUT2D eigenvalue weighted by molar-refractivity contribution is -0.131. The molecule has 1 N–H and O–H groups in total. The maximum Gasteiger partial charge on any atom is 0.227 e. The average Bonchev–Trinajstić information content (AvgIpc) is 2.46. The molecule has 22 heavy (non-hydrogen) atoms. The number of hydrogen-bond acceptors (Lipinski definition) is 4. The molecule has 0 aromatic heterocycles. The Hall–Kier alpha value is -1.60. The average molecular weight is 326 g/mol. The summed E-state index contributed by atoms with van der Waals surface area (Å²) >= 11 is 0. The van der Waals surface area contributed by atoms with E-state index >= 15 is 0 Å². The third kappa shape index (κ3) is 4.99. The smallest absolute Gasteiger partial charge is 0.227 e. The third-order valence-corrected chi connectivity index (χ3v) is 4.41. The Kier molecular flexibility index (Phi) is 5.42. The van der Waals surface area contributed by atoms with Gasteiger partial charge in [0.2, 0.25) is 15.9 Å². The van der Waals surface area contributed by atoms with Gasteiger partial charge < -0.3 is 9.64 Å². The van der Waals surface area contributed by atoms with Crippen molar-refractivity contribution in [3.63, 3.8) is 0 Å². The molecule has 1 atom stereocenters. The van der Waals surface area contributed by atoms with Crippen molar-refractivity contribution in [2.45, 2.75) is 25.3 Å². The van der Waals surface area contributed by atoms with Gasteiger partial charge in [-0.3, -0.25) is 4.79 Å². The van der Waals surface area contributed by atoms with E-state index in [4.69, 9.17) is 4.74 Å². The van der Waals surface area contributed by atoms with Gasteiger partial charge in [0, 0.05) is 19.1 Å². The van der Waals surface area contributed by atoms with Crippen molar-refractivity contribution in [2.24, 2.45) is 0 Å². The number of ether oxygens (including phenoxy) is 1. The van der Waals surface area contributed by atoms with Crippen molar-refractivity contribution in [2.75, 3.05) is 26.5 Å². The SMILES string of the molecule is COc1cccc(CC(=O)N2CCC[C@@H](NS(C)(=O)=O)C2)c1. The van der Waals surface area contributed by atoms with Crippen molar-refractivity contribution in [1.82, 2.24) is 9.62 Å². The van der Waals surface area contributed by atoms with E-state index in [9.17, 15) is 13.2 Å². The van der Waals surface area contributed by atoms with Crippen LogP contribution in [0.2, 0.25) is 0 Å². The highest BCUT2D eigenvalue weighted by Gasteiger charge is 2.25. The molecule has 1 saturated heterocycles. The summed E-state index contributed by atoms with van der Waals surface area (Å²) in [5.41, 5.74) is 0.891. The molecule has 1 heterocycles. The van der Waals surface area contributed by atoms with Crippen LogP contribution in [-0.4, -0.2) is 51.7 Å². The monoisotopic (exact) mass is 326 g/mol. The van der Waals surface area contributed by atoms with E-state index in [2.05, 4.69) is 4.72 Å². The van der Waals surface area contributed by atoms with E-state index in [0.717, 1.165) is 30.4 Å². The molecule has 0 unspecified atom stereocenters. The molecule has 0 saturated carbocycles. The predicted molar refractivity (Wildman–Crippen MR) is 84.3 cm³/mol. The first-order valence-electron chi connectivity index (χ1n) is 7.25. The minimum absolute atomic E-state index is 0.00764. The van der Waals surface area contributed by atoms with Gasteiger partial charge in [-0.15, -0.1) is 0 Å². The lowest BCUT2D eigenvalue weighted by Gasteiger charge is -2.32. The summed E-state index contributed by atoms with van der Waals surface area (Å²) in [5.74, 6) is 0.730. The lowest BCUT2D eigenvalue weighted by atomic mass is 10.0. The van der Waals surface area contributed by atoms with Gasteiger partial charge in [-0.05, 0) is 30.5 Å². The van der Waals surface area contributed by atoms with Crippen LogP contribution in [0.1, 0.15) is 18.4 Å². The zero-order valence-electron chi connectivity index (χ0n) is 12.9. The Labute approximate surface area is 131 Å². The highest BCUT2D eigenvalue weighted by molar-refractivity contribution is 7.88. The highest BCUT2D eigenvalue weighted by Crippen LogP contribution is 2.16. The largest absolute Gasteiger partial charge is 0.497 e. The summed E-state index contributed by atoms with van der Waals surface area (Å²) in [5, 5.41) is 0. The molecule has 2 rings (SSSR count). The predicted octanol–water partition coefficient (Wildman–Crippen LogP) is 0.778. The number of piperidine rings is 1. The summed E-state index contributed by atoms with van der Waals surface area (Å²) in [6, 6.07) is 7.22. The van der Waals surface area contributed by atoms with Gasteiger partial charge in [-0.2, -0.15) is 0 Å². The Morgan fingerprint density at radius 2 is 2.23 bits per heavy atom. The summed E-state index contributed by atoms with van der Waals surface area (Å²) in [4.78, 5) is 14.1. The second kappa shape index (κ2) is 7.11. The first kappa shape index (κ1) is 16.8. The molecule has 1 aromatic carbocycles. The number of hydrogen-bond donors (Lipinski definition) is 1. The van der Waals surface area contributed by atoms with E-state index in [-0.39, 0.29) is 11.9 Å². The van der Waals surface area contributed by atoms with E-state index in [1.54, 1.807) is 12.0 Å². The highest BCUT2D eigenvalue weighted by atomic mass is 32.2. The normalized spacial score (nSPS) is 19.0. The molecule has 0 radical (unpaired) electrons. The molecule has 1 amide bonds. The van der Waals surface area contributed by atoms with Gasteiger partial charge in [-0.25, -0.2) is 13.1 Å². The van der Waals surface area contributed by atoms with E-state index in [1.165, 1.54) is 0 Å². The molecule has 7 heteroatoms. The van der Waals surface area contributed by atoms with Gasteiger partial charge in [0.1, 0.15) is 5.75 Å². The van der Waals surface area contributed by atoms with Gasteiger partial charge in [-0.1, -0.05) is 12.1 Å². The number of amides is 1. The number of carbonyl (C=O) groups excluding carboxylic acids is 1. The molecule has 1 aromatic rings. The first-order chi connectivity index (χ1) is 10.4. The molecule has 0 spiro atoms. The fourth-order valence-electron chi connectivity index (χ4n) is 2.67. The fourth-order valence-corrected chi connectivity index (χ4v) is 3.47. The molecular weight excluding hydrogens is 304 g/mol. The van der Waals surface area contributed by atoms with Crippen molar-refractivity contribution in [3.05, 3.63) is 29.8 Å². The Balaban J connectivity index is 1.96. The van der Waals surface area contributed by atoms with Gasteiger partial charge >= 0.3 is 0 Å². The first-order valence-corrected chi connectivity index (χ1v) is 9.14. The van der Waals surface area contributed by atoms with Gasteiger partial charge in [0.15, 0.2) is 0 Å². The Morgan fingerprint density at radius 1 is 1.45 bits per heavy atom. The number of methoxy groups -OCH3 is 1. The van der Waals surface area contributed by atoms with E-state index in [0.29, 0.717) is 19.5 Å². The van der Waals surface area contributed by atoms with Crippen LogP contribution in [0.3, 0.4) is 0 Å². The zero-order valence-corrected chi connectivity index (χ0v) is 13.7. The Morgan fingerprint density at radius 3 is 2.91 bits per heavy atom. The van der Waals surface area contributed by atoms with Crippen LogP contribution in [0.4, 0.5) is 0 Å². The lowest BCUT2D eigenvalue weighted by Crippen LogP contribution is -2.49. The number of sulfonamides is 1. The number of likely N-dealkylation sites (tertiary alicyclic amines) is 1. The number of nitrogens with one attached hydrogen (secondary N) is 1. The van der Waals surface area contributed by atoms with Crippen molar-refractivity contribution in [1.29, 1.82) is 0 Å². The topological polar surface area (TPSA) is 75.7 Å². The van der Waals surface area contributed by atoms with E-state index in [1.807, 2.05) is 24.3 Å². The van der Waals surface area contributed by atoms with Crippen LogP contribution in [-0.2, 0) is 21.2 Å². The van der Waals surface area contributed by atoms with Crippen molar-refractivity contribution < 1.29 is 17.9 Å². The summed E-state index contributed by atoms with van der Waals surface area (Å²) < 4.78 is 30.4. The molecule has 1 fully saturated rings. The molecule has 6 nitrogen and oxygen atoms in total. The summed E-state index contributed by atoms with van der Waals surface area (Å²) in [7, 11) is -1.65. The minimum Gasteiger partial charge on any atom is -0.497 e. The van der Waals surface area contributed by atoms with Crippen LogP contribution in [0.25, 0.3) is 0 Å². The van der Waals surface area contributed by atoms with Crippen LogP contribution < -0.4 is 9.46 Å². The number of nitrogens with zero attached hydrogens (tertiary/aromatic N) is 1. The van der Waals surface area contributed by atoms with Crippen LogP contribution >= 0.6 is 0 Å². The quantitative estimate of drug-likeness (QED) is 0.867. The van der Waals surface area contributed by atoms with Crippen LogP contribution in [0.15, 0.2) is 24.3 Å². The Bertz CT molecular complexity index is 630.